The smallest absolute Gasteiger partial charge is 0.264 e. The van der Waals surface area contributed by atoms with Gasteiger partial charge in [-0.15, -0.1) is 0 Å². The van der Waals surface area contributed by atoms with Crippen molar-refractivity contribution >= 4 is 33.2 Å². The zero-order chi connectivity index (χ0) is 23.6. The van der Waals surface area contributed by atoms with E-state index in [-0.39, 0.29) is 40.5 Å². The van der Waals surface area contributed by atoms with Gasteiger partial charge < -0.3 is 20.3 Å². The number of carbonyl (C=O) groups excluding carboxylic acids is 3. The number of fused-ring (bicyclic) bond motifs is 1. The number of rotatable bonds is 8. The van der Waals surface area contributed by atoms with Gasteiger partial charge in [-0.25, -0.2) is 8.42 Å². The number of aliphatic hydroxyl groups excluding tert-OH is 1. The maximum absolute atomic E-state index is 13.3. The van der Waals surface area contributed by atoms with E-state index >= 15 is 0 Å². The Morgan fingerprint density at radius 3 is 2.53 bits per heavy atom. The average molecular weight is 462 g/mol. The lowest BCUT2D eigenvalue weighted by Gasteiger charge is -2.26. The molecule has 0 fully saturated rings. The van der Waals surface area contributed by atoms with Crippen LogP contribution >= 0.6 is 0 Å². The highest BCUT2D eigenvalue weighted by Crippen LogP contribution is 2.38. The minimum Gasteiger partial charge on any atom is -0.504 e. The molecule has 0 saturated carbocycles. The van der Waals surface area contributed by atoms with Crippen LogP contribution in [0.4, 0.5) is 5.69 Å². The molecule has 1 heterocycles. The number of nitrogens with zero attached hydrogens (tertiary/aromatic N) is 1. The third kappa shape index (κ3) is 4.58. The van der Waals surface area contributed by atoms with Crippen LogP contribution in [0.25, 0.3) is 0 Å². The summed E-state index contributed by atoms with van der Waals surface area (Å²) in [7, 11) is -3.66. The number of phenolic OH excluding ortho intramolecular Hbond substituents is 1. The normalized spacial score (nSPS) is 14.3. The molecule has 3 amide bonds. The van der Waals surface area contributed by atoms with Crippen molar-refractivity contribution in [1.29, 1.82) is 0 Å². The molecular formula is C21H22N2O8S. The third-order valence-corrected chi connectivity index (χ3v) is 5.73. The van der Waals surface area contributed by atoms with Gasteiger partial charge in [-0.2, -0.15) is 0 Å². The summed E-state index contributed by atoms with van der Waals surface area (Å²) in [5, 5.41) is 21.3. The van der Waals surface area contributed by atoms with Gasteiger partial charge in [-0.05, 0) is 36.8 Å². The van der Waals surface area contributed by atoms with Crippen LogP contribution < -0.4 is 10.1 Å². The Kier molecular flexibility index (Phi) is 6.51. The van der Waals surface area contributed by atoms with Crippen molar-refractivity contribution < 1.29 is 37.8 Å². The van der Waals surface area contributed by atoms with Crippen molar-refractivity contribution in [3.05, 3.63) is 53.1 Å². The van der Waals surface area contributed by atoms with E-state index in [4.69, 9.17) is 9.84 Å². The summed E-state index contributed by atoms with van der Waals surface area (Å²) < 4.78 is 29.7. The lowest BCUT2D eigenvalue weighted by Crippen LogP contribution is -2.37. The van der Waals surface area contributed by atoms with Gasteiger partial charge in [0.25, 0.3) is 11.8 Å². The van der Waals surface area contributed by atoms with Crippen molar-refractivity contribution in [2.24, 2.45) is 0 Å². The maximum Gasteiger partial charge on any atom is 0.264 e. The highest BCUT2D eigenvalue weighted by atomic mass is 32.2. The fourth-order valence-corrected chi connectivity index (χ4v) is 4.41. The van der Waals surface area contributed by atoms with Crippen molar-refractivity contribution in [1.82, 2.24) is 4.90 Å². The molecule has 0 unspecified atom stereocenters. The molecule has 3 rings (SSSR count). The number of phenols is 1. The number of nitrogens with one attached hydrogen (secondary N) is 1. The van der Waals surface area contributed by atoms with Gasteiger partial charge in [0.15, 0.2) is 11.5 Å². The largest absolute Gasteiger partial charge is 0.504 e. The summed E-state index contributed by atoms with van der Waals surface area (Å²) >= 11 is 0. The number of carbonyl (C=O) groups is 3. The number of ether oxygens (including phenoxy) is 1. The summed E-state index contributed by atoms with van der Waals surface area (Å²) in [5.74, 6) is -2.96. The van der Waals surface area contributed by atoms with E-state index in [1.165, 1.54) is 36.4 Å². The van der Waals surface area contributed by atoms with Crippen LogP contribution in [0.1, 0.15) is 39.2 Å². The van der Waals surface area contributed by atoms with Gasteiger partial charge in [0.1, 0.15) is 16.4 Å². The highest BCUT2D eigenvalue weighted by Gasteiger charge is 2.43. The van der Waals surface area contributed by atoms with Gasteiger partial charge in [0, 0.05) is 6.26 Å². The number of benzene rings is 2. The zero-order valence-electron chi connectivity index (χ0n) is 17.4. The van der Waals surface area contributed by atoms with E-state index in [0.29, 0.717) is 0 Å². The average Bonchev–Trinajstić information content (AvgIpc) is 2.98. The maximum atomic E-state index is 13.3. The first-order valence-corrected chi connectivity index (χ1v) is 11.7. The van der Waals surface area contributed by atoms with Crippen molar-refractivity contribution in [2.75, 3.05) is 30.5 Å². The summed E-state index contributed by atoms with van der Waals surface area (Å²) in [6, 6.07) is 7.13. The lowest BCUT2D eigenvalue weighted by atomic mass is 10.1. The predicted octanol–water partition coefficient (Wildman–Crippen LogP) is 1.10. The molecule has 170 valence electrons. The van der Waals surface area contributed by atoms with Crippen molar-refractivity contribution in [3.63, 3.8) is 0 Å². The Morgan fingerprint density at radius 1 is 1.19 bits per heavy atom. The summed E-state index contributed by atoms with van der Waals surface area (Å²) in [6.45, 7) is 1.11. The van der Waals surface area contributed by atoms with E-state index < -0.39 is 46.0 Å². The molecule has 0 aliphatic carbocycles. The number of aromatic hydroxyl groups is 1. The van der Waals surface area contributed by atoms with Crippen molar-refractivity contribution in [3.8, 4) is 11.5 Å². The number of amides is 3. The fourth-order valence-electron chi connectivity index (χ4n) is 3.50. The molecule has 0 saturated heterocycles. The highest BCUT2D eigenvalue weighted by molar-refractivity contribution is 7.90. The Labute approximate surface area is 184 Å². The Morgan fingerprint density at radius 2 is 1.91 bits per heavy atom. The number of hydrogen-bond donors (Lipinski definition) is 3. The summed E-state index contributed by atoms with van der Waals surface area (Å²) in [6.07, 6.45) is 0.981. The molecule has 10 nitrogen and oxygen atoms in total. The predicted molar refractivity (Wildman–Crippen MR) is 114 cm³/mol. The Bertz CT molecular complexity index is 1190. The molecule has 2 aromatic rings. The molecule has 11 heteroatoms. The summed E-state index contributed by atoms with van der Waals surface area (Å²) in [5.41, 5.74) is 0.197. The number of imide groups is 1. The van der Waals surface area contributed by atoms with E-state index in [1.807, 2.05) is 0 Å². The minimum atomic E-state index is -3.66. The van der Waals surface area contributed by atoms with Gasteiger partial charge in [0.2, 0.25) is 5.91 Å². The van der Waals surface area contributed by atoms with Gasteiger partial charge >= 0.3 is 0 Å². The van der Waals surface area contributed by atoms with E-state index in [2.05, 4.69) is 5.32 Å². The fraction of sp³-hybridized carbons (Fsp3) is 0.286. The number of aliphatic hydroxyl groups is 1. The summed E-state index contributed by atoms with van der Waals surface area (Å²) in [4.78, 5) is 38.9. The van der Waals surface area contributed by atoms with Crippen LogP contribution in [0.15, 0.2) is 36.4 Å². The van der Waals surface area contributed by atoms with E-state index in [0.717, 1.165) is 11.2 Å². The third-order valence-electron chi connectivity index (χ3n) is 4.80. The molecule has 0 spiro atoms. The second-order valence-corrected chi connectivity index (χ2v) is 9.37. The minimum absolute atomic E-state index is 0.00643. The van der Waals surface area contributed by atoms with Crippen LogP contribution in [-0.2, 0) is 14.6 Å². The topological polar surface area (TPSA) is 150 Å². The Balaban J connectivity index is 2.11. The SMILES string of the molecule is CCOc1cc([C@@H](CS(C)(=O)=O)N2C(=O)c3cccc(NC(=O)CO)c3C2=O)ccc1O. The van der Waals surface area contributed by atoms with Crippen LogP contribution in [0.5, 0.6) is 11.5 Å². The molecule has 32 heavy (non-hydrogen) atoms. The first kappa shape index (κ1) is 23.2. The standard InChI is InChI=1S/C21H22N2O8S/c1-3-31-17-9-12(7-8-16(17)25)15(11-32(2,29)30)23-20(27)13-5-4-6-14(19(13)21(23)28)22-18(26)10-24/h4-9,15,24-25H,3,10-11H2,1-2H3,(H,22,26)/t15-/m1/s1. The van der Waals surface area contributed by atoms with Crippen LogP contribution in [-0.4, -0.2) is 66.5 Å². The second kappa shape index (κ2) is 8.97. The van der Waals surface area contributed by atoms with Crippen molar-refractivity contribution in [2.45, 2.75) is 13.0 Å². The molecular weight excluding hydrogens is 440 g/mol. The van der Waals surface area contributed by atoms with Crippen LogP contribution in [0, 0.1) is 0 Å². The molecule has 2 aromatic carbocycles. The molecule has 0 radical (unpaired) electrons. The lowest BCUT2D eigenvalue weighted by molar-refractivity contribution is -0.118. The Hall–Kier alpha value is -3.44. The van der Waals surface area contributed by atoms with Gasteiger partial charge in [0.05, 0.1) is 35.2 Å². The quantitative estimate of drug-likeness (QED) is 0.494. The first-order chi connectivity index (χ1) is 15.1. The first-order valence-electron chi connectivity index (χ1n) is 9.62. The molecule has 1 aliphatic heterocycles. The molecule has 3 N–H and O–H groups in total. The van der Waals surface area contributed by atoms with Crippen LogP contribution in [0.2, 0.25) is 0 Å². The second-order valence-electron chi connectivity index (χ2n) is 7.18. The molecule has 1 atom stereocenters. The van der Waals surface area contributed by atoms with Crippen LogP contribution in [0.3, 0.4) is 0 Å². The number of hydrogen-bond acceptors (Lipinski definition) is 8. The van der Waals surface area contributed by atoms with E-state index in [9.17, 15) is 27.9 Å². The van der Waals surface area contributed by atoms with Gasteiger partial charge in [-0.1, -0.05) is 12.1 Å². The zero-order valence-corrected chi connectivity index (χ0v) is 18.2. The number of anilines is 1. The van der Waals surface area contributed by atoms with E-state index in [1.54, 1.807) is 6.92 Å². The monoisotopic (exact) mass is 462 g/mol. The molecule has 0 aromatic heterocycles. The molecule has 1 aliphatic rings. The van der Waals surface area contributed by atoms with Gasteiger partial charge in [-0.3, -0.25) is 19.3 Å². The number of sulfone groups is 1. The molecule has 0 bridgehead atoms.